The van der Waals surface area contributed by atoms with Crippen LogP contribution in [0.3, 0.4) is 0 Å². The van der Waals surface area contributed by atoms with Gasteiger partial charge in [0.2, 0.25) is 0 Å². The third kappa shape index (κ3) is 4.81. The molecule has 1 N–H and O–H groups in total. The van der Waals surface area contributed by atoms with Gasteiger partial charge in [-0.1, -0.05) is 29.8 Å². The monoisotopic (exact) mass is 518 g/mol. The number of carbonyl (C=O) groups excluding carboxylic acids is 2. The van der Waals surface area contributed by atoms with Crippen LogP contribution in [0.1, 0.15) is 42.1 Å². The van der Waals surface area contributed by atoms with Gasteiger partial charge in [0, 0.05) is 30.0 Å². The summed E-state index contributed by atoms with van der Waals surface area (Å²) in [6.45, 7) is 9.82. The van der Waals surface area contributed by atoms with Gasteiger partial charge >= 0.3 is 0 Å². The Kier molecular flexibility index (Phi) is 7.60. The number of aryl methyl sites for hydroxylation is 2. The van der Waals surface area contributed by atoms with E-state index >= 15 is 0 Å². The van der Waals surface area contributed by atoms with Crippen molar-refractivity contribution in [2.24, 2.45) is 0 Å². The van der Waals surface area contributed by atoms with Crippen LogP contribution in [0.4, 0.5) is 11.4 Å². The summed E-state index contributed by atoms with van der Waals surface area (Å²) in [5, 5.41) is 11.7. The van der Waals surface area contributed by atoms with Gasteiger partial charge in [0.15, 0.2) is 0 Å². The third-order valence-corrected chi connectivity index (χ3v) is 7.31. The Balaban J connectivity index is 1.94. The summed E-state index contributed by atoms with van der Waals surface area (Å²) in [4.78, 5) is 30.6. The van der Waals surface area contributed by atoms with Crippen LogP contribution in [0.25, 0.3) is 5.76 Å². The molecule has 1 atom stereocenters. The first kappa shape index (κ1) is 26.3. The highest BCUT2D eigenvalue weighted by Gasteiger charge is 2.47. The Hall–Kier alpha value is -3.77. The second kappa shape index (κ2) is 10.7. The molecule has 3 aromatic rings. The molecule has 1 aliphatic heterocycles. The molecule has 1 amide bonds. The van der Waals surface area contributed by atoms with E-state index in [2.05, 4.69) is 18.7 Å². The van der Waals surface area contributed by atoms with Crippen LogP contribution in [-0.4, -0.2) is 37.0 Å². The molecule has 6 nitrogen and oxygen atoms in total. The lowest BCUT2D eigenvalue weighted by Gasteiger charge is -2.27. The number of aliphatic hydroxyl groups excluding tert-OH is 1. The van der Waals surface area contributed by atoms with Crippen molar-refractivity contribution >= 4 is 40.4 Å². The highest BCUT2D eigenvalue weighted by atomic mass is 35.5. The van der Waals surface area contributed by atoms with Gasteiger partial charge in [-0.05, 0) is 86.8 Å². The summed E-state index contributed by atoms with van der Waals surface area (Å²) in [7, 11) is 1.50. The van der Waals surface area contributed by atoms with Crippen molar-refractivity contribution in [3.8, 4) is 5.75 Å². The topological polar surface area (TPSA) is 70.1 Å². The van der Waals surface area contributed by atoms with Crippen molar-refractivity contribution in [1.82, 2.24) is 0 Å². The summed E-state index contributed by atoms with van der Waals surface area (Å²) >= 11 is 6.42. The fourth-order valence-corrected chi connectivity index (χ4v) is 4.91. The number of hydrogen-bond donors (Lipinski definition) is 1. The molecule has 1 aliphatic rings. The molecule has 1 fully saturated rings. The van der Waals surface area contributed by atoms with Gasteiger partial charge in [-0.2, -0.15) is 0 Å². The van der Waals surface area contributed by atoms with Crippen LogP contribution in [-0.2, 0) is 9.59 Å². The van der Waals surface area contributed by atoms with Gasteiger partial charge in [-0.15, -0.1) is 0 Å². The molecule has 1 saturated heterocycles. The van der Waals surface area contributed by atoms with Gasteiger partial charge in [-0.25, -0.2) is 0 Å². The second-order valence-electron chi connectivity index (χ2n) is 9.05. The zero-order valence-electron chi connectivity index (χ0n) is 21.7. The summed E-state index contributed by atoms with van der Waals surface area (Å²) in [6.07, 6.45) is 0. The van der Waals surface area contributed by atoms with Crippen molar-refractivity contribution in [3.63, 3.8) is 0 Å². The minimum Gasteiger partial charge on any atom is -0.507 e. The molecule has 0 saturated carbocycles. The quantitative estimate of drug-likeness (QED) is 0.221. The van der Waals surface area contributed by atoms with Crippen molar-refractivity contribution in [2.45, 2.75) is 33.7 Å². The minimum atomic E-state index is -0.838. The lowest BCUT2D eigenvalue weighted by atomic mass is 9.94. The molecule has 1 unspecified atom stereocenters. The predicted octanol–water partition coefficient (Wildman–Crippen LogP) is 6.44. The molecule has 0 bridgehead atoms. The molecule has 3 aromatic carbocycles. The van der Waals surface area contributed by atoms with Crippen molar-refractivity contribution < 1.29 is 19.4 Å². The Morgan fingerprint density at radius 3 is 2.24 bits per heavy atom. The molecule has 0 aliphatic carbocycles. The fraction of sp³-hybridized carbons (Fsp3) is 0.267. The maximum Gasteiger partial charge on any atom is 0.300 e. The highest BCUT2D eigenvalue weighted by molar-refractivity contribution is 6.52. The first-order valence-electron chi connectivity index (χ1n) is 12.3. The van der Waals surface area contributed by atoms with Gasteiger partial charge in [-0.3, -0.25) is 14.5 Å². The van der Waals surface area contributed by atoms with Crippen LogP contribution < -0.4 is 14.5 Å². The van der Waals surface area contributed by atoms with E-state index in [-0.39, 0.29) is 21.9 Å². The number of amides is 1. The number of halogens is 1. The van der Waals surface area contributed by atoms with Crippen LogP contribution in [0.15, 0.2) is 66.2 Å². The van der Waals surface area contributed by atoms with Crippen LogP contribution in [0, 0.1) is 13.8 Å². The Morgan fingerprint density at radius 2 is 1.65 bits per heavy atom. The number of ketones is 1. The van der Waals surface area contributed by atoms with Gasteiger partial charge in [0.1, 0.15) is 11.5 Å². The summed E-state index contributed by atoms with van der Waals surface area (Å²) in [5.74, 6) is -1.35. The van der Waals surface area contributed by atoms with E-state index in [9.17, 15) is 14.7 Å². The van der Waals surface area contributed by atoms with E-state index in [0.717, 1.165) is 29.9 Å². The van der Waals surface area contributed by atoms with E-state index < -0.39 is 17.7 Å². The molecule has 0 spiro atoms. The van der Waals surface area contributed by atoms with E-state index in [4.69, 9.17) is 16.3 Å². The number of rotatable bonds is 7. The standard InChI is InChI=1S/C30H31ClN2O4/c1-6-32(7-2)21-12-9-20(10-13-21)27-26(28(34)24-17-23(37-5)14-15-25(24)31)29(35)30(36)33(27)22-11-8-18(3)19(4)16-22/h8-17,27,34H,6-7H2,1-5H3/b28-26+. The van der Waals surface area contributed by atoms with E-state index in [1.807, 2.05) is 56.3 Å². The average molecular weight is 519 g/mol. The number of ether oxygens (including phenoxy) is 1. The number of aliphatic hydroxyl groups is 1. The van der Waals surface area contributed by atoms with Gasteiger partial charge in [0.05, 0.1) is 23.7 Å². The summed E-state index contributed by atoms with van der Waals surface area (Å²) < 4.78 is 5.29. The molecule has 37 heavy (non-hydrogen) atoms. The molecule has 4 rings (SSSR count). The normalized spacial score (nSPS) is 16.8. The number of carbonyl (C=O) groups is 2. The van der Waals surface area contributed by atoms with Crippen molar-refractivity contribution in [2.75, 3.05) is 30.0 Å². The van der Waals surface area contributed by atoms with Crippen molar-refractivity contribution in [3.05, 3.63) is 93.5 Å². The predicted molar refractivity (Wildman–Crippen MR) is 149 cm³/mol. The Bertz CT molecular complexity index is 1380. The second-order valence-corrected chi connectivity index (χ2v) is 9.45. The maximum absolute atomic E-state index is 13.5. The molecular weight excluding hydrogens is 488 g/mol. The average Bonchev–Trinajstić information content (AvgIpc) is 3.17. The van der Waals surface area contributed by atoms with Crippen molar-refractivity contribution in [1.29, 1.82) is 0 Å². The number of nitrogens with zero attached hydrogens (tertiary/aromatic N) is 2. The van der Waals surface area contributed by atoms with Crippen LogP contribution in [0.5, 0.6) is 5.75 Å². The number of Topliss-reactive ketones (excluding diaryl/α,β-unsaturated/α-hetero) is 1. The van der Waals surface area contributed by atoms with E-state index in [0.29, 0.717) is 17.0 Å². The lowest BCUT2D eigenvalue weighted by Crippen LogP contribution is -2.29. The largest absolute Gasteiger partial charge is 0.507 e. The number of benzene rings is 3. The van der Waals surface area contributed by atoms with E-state index in [1.165, 1.54) is 12.0 Å². The molecular formula is C30H31ClN2O4. The smallest absolute Gasteiger partial charge is 0.300 e. The number of methoxy groups -OCH3 is 1. The van der Waals surface area contributed by atoms with Crippen LogP contribution in [0.2, 0.25) is 5.02 Å². The number of anilines is 2. The zero-order valence-corrected chi connectivity index (χ0v) is 22.5. The molecule has 0 radical (unpaired) electrons. The fourth-order valence-electron chi connectivity index (χ4n) is 4.70. The molecule has 192 valence electrons. The SMILES string of the molecule is CCN(CC)c1ccc(C2/C(=C(\O)c3cc(OC)ccc3Cl)C(=O)C(=O)N2c2ccc(C)c(C)c2)cc1. The highest BCUT2D eigenvalue weighted by Crippen LogP contribution is 2.44. The number of hydrogen-bond acceptors (Lipinski definition) is 5. The summed E-state index contributed by atoms with van der Waals surface area (Å²) in [5.41, 5.74) is 4.59. The first-order chi connectivity index (χ1) is 17.7. The van der Waals surface area contributed by atoms with Gasteiger partial charge < -0.3 is 14.7 Å². The maximum atomic E-state index is 13.5. The zero-order chi connectivity index (χ0) is 26.9. The minimum absolute atomic E-state index is 0.0195. The van der Waals surface area contributed by atoms with Crippen LogP contribution >= 0.6 is 11.6 Å². The van der Waals surface area contributed by atoms with Gasteiger partial charge in [0.25, 0.3) is 11.7 Å². The molecule has 1 heterocycles. The third-order valence-electron chi connectivity index (χ3n) is 6.98. The molecule has 7 heteroatoms. The first-order valence-corrected chi connectivity index (χ1v) is 12.7. The van der Waals surface area contributed by atoms with E-state index in [1.54, 1.807) is 18.2 Å². The molecule has 0 aromatic heterocycles. The summed E-state index contributed by atoms with van der Waals surface area (Å²) in [6, 6.07) is 17.3. The lowest BCUT2D eigenvalue weighted by molar-refractivity contribution is -0.132. The Morgan fingerprint density at radius 1 is 0.973 bits per heavy atom. The Labute approximate surface area is 222 Å².